The Bertz CT molecular complexity index is 1380. The quantitative estimate of drug-likeness (QED) is 0.276. The number of aromatic nitrogens is 2. The summed E-state index contributed by atoms with van der Waals surface area (Å²) in [7, 11) is 1.73. The number of anilines is 1. The third kappa shape index (κ3) is 8.07. The molecule has 10 nitrogen and oxygen atoms in total. The number of nitrogens with one attached hydrogen (secondary N) is 4. The fourth-order valence-corrected chi connectivity index (χ4v) is 6.95. The average Bonchev–Trinajstić information content (AvgIpc) is 3.45. The molecular formula is C35H52N6O4. The van der Waals surface area contributed by atoms with Gasteiger partial charge in [-0.15, -0.1) is 0 Å². The SMILES string of the molecule is CC(C)C1(NCC2(CNC(=O)OC(C)(C)C)CC2)Cc2ccc(NC(=O)[C@@H](NC(=O)c3ccnn3C)C3CCCCC3)cc2C1. The average molecular weight is 621 g/mol. The number of nitrogens with zero attached hydrogens (tertiary/aromatic N) is 2. The van der Waals surface area contributed by atoms with Crippen molar-refractivity contribution in [3.05, 3.63) is 47.3 Å². The lowest BCUT2D eigenvalue weighted by molar-refractivity contribution is -0.119. The van der Waals surface area contributed by atoms with Crippen LogP contribution in [0.5, 0.6) is 0 Å². The van der Waals surface area contributed by atoms with E-state index in [9.17, 15) is 14.4 Å². The molecule has 3 aliphatic rings. The van der Waals surface area contributed by atoms with Crippen molar-refractivity contribution in [1.29, 1.82) is 0 Å². The highest BCUT2D eigenvalue weighted by Gasteiger charge is 2.47. The molecule has 2 saturated carbocycles. The fraction of sp³-hybridized carbons (Fsp3) is 0.657. The first kappa shape index (κ1) is 33.0. The Morgan fingerprint density at radius 3 is 2.36 bits per heavy atom. The van der Waals surface area contributed by atoms with Crippen LogP contribution in [0.3, 0.4) is 0 Å². The second-order valence-electron chi connectivity index (χ2n) is 15.0. The maximum Gasteiger partial charge on any atom is 0.407 e. The summed E-state index contributed by atoms with van der Waals surface area (Å²) < 4.78 is 6.97. The largest absolute Gasteiger partial charge is 0.444 e. The number of alkyl carbamates (subject to hydrolysis) is 1. The lowest BCUT2D eigenvalue weighted by atomic mass is 9.83. The number of ether oxygens (including phenoxy) is 1. The number of fused-ring (bicyclic) bond motifs is 1. The first-order chi connectivity index (χ1) is 21.3. The molecule has 4 N–H and O–H groups in total. The summed E-state index contributed by atoms with van der Waals surface area (Å²) in [5, 5.41) is 17.2. The molecular weight excluding hydrogens is 568 g/mol. The summed E-state index contributed by atoms with van der Waals surface area (Å²) in [5.74, 6) is 0.0344. The van der Waals surface area contributed by atoms with Gasteiger partial charge in [0.15, 0.2) is 0 Å². The Morgan fingerprint density at radius 1 is 1.02 bits per heavy atom. The molecule has 3 aliphatic carbocycles. The Balaban J connectivity index is 1.23. The Labute approximate surface area is 267 Å². The van der Waals surface area contributed by atoms with Crippen molar-refractivity contribution in [2.45, 2.75) is 110 Å². The van der Waals surface area contributed by atoms with Gasteiger partial charge in [0.1, 0.15) is 17.3 Å². The normalized spacial score (nSPS) is 21.6. The van der Waals surface area contributed by atoms with Crippen LogP contribution in [0.2, 0.25) is 0 Å². The van der Waals surface area contributed by atoms with Crippen molar-refractivity contribution in [2.75, 3.05) is 18.4 Å². The van der Waals surface area contributed by atoms with Gasteiger partial charge in [0, 0.05) is 43.0 Å². The summed E-state index contributed by atoms with van der Waals surface area (Å²) in [6.07, 6.45) is 10.3. The van der Waals surface area contributed by atoms with Crippen LogP contribution < -0.4 is 21.3 Å². The van der Waals surface area contributed by atoms with E-state index < -0.39 is 11.6 Å². The number of carbonyl (C=O) groups is 3. The monoisotopic (exact) mass is 620 g/mol. The van der Waals surface area contributed by atoms with Crippen LogP contribution in [0, 0.1) is 17.3 Å². The lowest BCUT2D eigenvalue weighted by Gasteiger charge is -2.36. The van der Waals surface area contributed by atoms with Gasteiger partial charge in [0.05, 0.1) is 0 Å². The molecule has 2 atom stereocenters. The van der Waals surface area contributed by atoms with Crippen molar-refractivity contribution in [1.82, 2.24) is 25.7 Å². The molecule has 0 saturated heterocycles. The van der Waals surface area contributed by atoms with E-state index in [0.29, 0.717) is 18.2 Å². The van der Waals surface area contributed by atoms with Crippen LogP contribution in [0.15, 0.2) is 30.5 Å². The first-order valence-corrected chi connectivity index (χ1v) is 16.7. The highest BCUT2D eigenvalue weighted by atomic mass is 16.6. The number of carbonyl (C=O) groups excluding carboxylic acids is 3. The van der Waals surface area contributed by atoms with E-state index in [0.717, 1.165) is 63.6 Å². The van der Waals surface area contributed by atoms with Gasteiger partial charge in [-0.2, -0.15) is 5.10 Å². The van der Waals surface area contributed by atoms with Crippen LogP contribution in [-0.2, 0) is 29.4 Å². The zero-order valence-electron chi connectivity index (χ0n) is 27.9. The maximum absolute atomic E-state index is 13.7. The topological polar surface area (TPSA) is 126 Å². The van der Waals surface area contributed by atoms with Gasteiger partial charge in [0.2, 0.25) is 5.91 Å². The molecule has 246 valence electrons. The van der Waals surface area contributed by atoms with Gasteiger partial charge in [-0.1, -0.05) is 39.2 Å². The van der Waals surface area contributed by atoms with Crippen molar-refractivity contribution < 1.29 is 19.1 Å². The summed E-state index contributed by atoms with van der Waals surface area (Å²) in [6.45, 7) is 11.6. The van der Waals surface area contributed by atoms with Crippen LogP contribution in [0.25, 0.3) is 0 Å². The Kier molecular flexibility index (Phi) is 9.63. The molecule has 1 aromatic heterocycles. The smallest absolute Gasteiger partial charge is 0.407 e. The van der Waals surface area contributed by atoms with E-state index in [2.05, 4.69) is 52.3 Å². The molecule has 2 aromatic rings. The molecule has 5 rings (SSSR count). The van der Waals surface area contributed by atoms with E-state index in [1.54, 1.807) is 19.3 Å². The number of hydrogen-bond donors (Lipinski definition) is 4. The molecule has 10 heteroatoms. The minimum atomic E-state index is -0.610. The zero-order valence-corrected chi connectivity index (χ0v) is 27.9. The van der Waals surface area contributed by atoms with E-state index in [1.165, 1.54) is 22.2 Å². The number of hydrogen-bond acceptors (Lipinski definition) is 6. The maximum atomic E-state index is 13.7. The summed E-state index contributed by atoms with van der Waals surface area (Å²) in [4.78, 5) is 39.1. The second kappa shape index (κ2) is 13.1. The van der Waals surface area contributed by atoms with E-state index in [4.69, 9.17) is 4.74 Å². The van der Waals surface area contributed by atoms with Crippen LogP contribution in [0.4, 0.5) is 10.5 Å². The number of rotatable bonds is 11. The fourth-order valence-electron chi connectivity index (χ4n) is 6.95. The number of aryl methyl sites for hydroxylation is 1. The van der Waals surface area contributed by atoms with Gasteiger partial charge >= 0.3 is 6.09 Å². The molecule has 3 amide bonds. The standard InChI is InChI=1S/C35H52N6O4/c1-23(2)35(37-22-34(15-16-34)21-36-32(44)45-33(3,4)5)19-25-12-13-27(18-26(25)20-35)39-31(43)29(24-10-8-7-9-11-24)40-30(42)28-14-17-38-41(28)6/h12-14,17-18,23-24,29,37H,7-11,15-16,19-22H2,1-6H3,(H,36,44)(H,39,43)(H,40,42)/t29-,35?/m0/s1. The van der Waals surface area contributed by atoms with Crippen molar-refractivity contribution in [3.8, 4) is 0 Å². The summed E-state index contributed by atoms with van der Waals surface area (Å²) >= 11 is 0. The van der Waals surface area contributed by atoms with Crippen molar-refractivity contribution in [2.24, 2.45) is 24.3 Å². The Morgan fingerprint density at radius 2 is 1.73 bits per heavy atom. The number of amides is 3. The van der Waals surface area contributed by atoms with Crippen LogP contribution in [0.1, 0.15) is 101 Å². The zero-order chi connectivity index (χ0) is 32.4. The van der Waals surface area contributed by atoms with Crippen molar-refractivity contribution >= 4 is 23.6 Å². The van der Waals surface area contributed by atoms with Gasteiger partial charge in [0.25, 0.3) is 5.91 Å². The van der Waals surface area contributed by atoms with Gasteiger partial charge in [-0.05, 0) is 100 Å². The van der Waals surface area contributed by atoms with Gasteiger partial charge < -0.3 is 26.0 Å². The molecule has 1 unspecified atom stereocenters. The summed E-state index contributed by atoms with van der Waals surface area (Å²) in [5.41, 5.74) is 3.16. The molecule has 2 fully saturated rings. The third-order valence-corrected chi connectivity index (χ3v) is 10.1. The van der Waals surface area contributed by atoms with Crippen LogP contribution >= 0.6 is 0 Å². The van der Waals surface area contributed by atoms with Crippen LogP contribution in [-0.4, -0.2) is 58.0 Å². The van der Waals surface area contributed by atoms with Gasteiger partial charge in [-0.3, -0.25) is 14.3 Å². The lowest BCUT2D eigenvalue weighted by Crippen LogP contribution is -2.53. The summed E-state index contributed by atoms with van der Waals surface area (Å²) in [6, 6.07) is 7.29. The van der Waals surface area contributed by atoms with Crippen molar-refractivity contribution in [3.63, 3.8) is 0 Å². The molecule has 45 heavy (non-hydrogen) atoms. The minimum Gasteiger partial charge on any atom is -0.444 e. The number of benzene rings is 1. The van der Waals surface area contributed by atoms with E-state index in [-0.39, 0.29) is 34.8 Å². The molecule has 0 aliphatic heterocycles. The Hall–Kier alpha value is -3.40. The molecule has 0 bridgehead atoms. The molecule has 1 heterocycles. The third-order valence-electron chi connectivity index (χ3n) is 10.1. The predicted molar refractivity (Wildman–Crippen MR) is 175 cm³/mol. The highest BCUT2D eigenvalue weighted by Crippen LogP contribution is 2.46. The highest BCUT2D eigenvalue weighted by molar-refractivity contribution is 6.00. The van der Waals surface area contributed by atoms with E-state index >= 15 is 0 Å². The minimum absolute atomic E-state index is 0.0563. The molecule has 0 spiro atoms. The first-order valence-electron chi connectivity index (χ1n) is 16.7. The van der Waals surface area contributed by atoms with Gasteiger partial charge in [-0.25, -0.2) is 4.79 Å². The van der Waals surface area contributed by atoms with E-state index in [1.807, 2.05) is 26.8 Å². The second-order valence-corrected chi connectivity index (χ2v) is 15.0. The molecule has 0 radical (unpaired) electrons. The molecule has 1 aromatic carbocycles. The predicted octanol–water partition coefficient (Wildman–Crippen LogP) is 5.13.